The zero-order valence-electron chi connectivity index (χ0n) is 8.69. The number of nitrogens with zero attached hydrogens (tertiary/aromatic N) is 3. The number of hydrogen-bond acceptors (Lipinski definition) is 5. The molecule has 0 saturated heterocycles. The number of anilines is 1. The second-order valence-corrected chi connectivity index (χ2v) is 3.94. The Morgan fingerprint density at radius 2 is 2.20 bits per heavy atom. The lowest BCUT2D eigenvalue weighted by atomic mass is 10.1. The molecule has 5 heteroatoms. The van der Waals surface area contributed by atoms with Crippen molar-refractivity contribution in [2.24, 2.45) is 0 Å². The average molecular weight is 220 g/mol. The Labute approximate surface area is 92.2 Å². The number of aryl methyl sites for hydroxylation is 1. The Balaban J connectivity index is 2.53. The summed E-state index contributed by atoms with van der Waals surface area (Å²) in [5.41, 5.74) is 10.4. The Bertz CT molecular complexity index is 441. The van der Waals surface area contributed by atoms with Gasteiger partial charge in [-0.25, -0.2) is 15.0 Å². The summed E-state index contributed by atoms with van der Waals surface area (Å²) in [6.07, 6.45) is 0.856. The van der Waals surface area contributed by atoms with Crippen molar-refractivity contribution >= 4 is 17.2 Å². The van der Waals surface area contributed by atoms with Crippen molar-refractivity contribution in [3.63, 3.8) is 0 Å². The van der Waals surface area contributed by atoms with E-state index in [1.54, 1.807) is 5.51 Å². The van der Waals surface area contributed by atoms with E-state index in [9.17, 15) is 0 Å². The van der Waals surface area contributed by atoms with Crippen LogP contribution < -0.4 is 5.73 Å². The smallest absolute Gasteiger partial charge is 0.181 e. The van der Waals surface area contributed by atoms with E-state index in [1.807, 2.05) is 19.2 Å². The third-order valence-corrected chi connectivity index (χ3v) is 2.85. The van der Waals surface area contributed by atoms with E-state index in [0.717, 1.165) is 23.4 Å². The van der Waals surface area contributed by atoms with E-state index in [-0.39, 0.29) is 0 Å². The van der Waals surface area contributed by atoms with E-state index in [1.165, 1.54) is 11.3 Å². The van der Waals surface area contributed by atoms with Crippen LogP contribution in [0.2, 0.25) is 0 Å². The number of aromatic nitrogens is 3. The summed E-state index contributed by atoms with van der Waals surface area (Å²) in [5.74, 6) is 1.18. The molecule has 2 heterocycles. The molecule has 15 heavy (non-hydrogen) atoms. The van der Waals surface area contributed by atoms with Crippen molar-refractivity contribution in [2.75, 3.05) is 5.73 Å². The van der Waals surface area contributed by atoms with Crippen LogP contribution in [-0.2, 0) is 6.42 Å². The minimum atomic E-state index is 0.563. The predicted octanol–water partition coefficient (Wildman–Crippen LogP) is 2.05. The van der Waals surface area contributed by atoms with Gasteiger partial charge in [-0.2, -0.15) is 0 Å². The number of rotatable bonds is 2. The van der Waals surface area contributed by atoms with Crippen LogP contribution in [0.3, 0.4) is 0 Å². The third kappa shape index (κ3) is 1.83. The molecular formula is C10H12N4S. The first kappa shape index (κ1) is 10.0. The maximum Gasteiger partial charge on any atom is 0.181 e. The van der Waals surface area contributed by atoms with Crippen molar-refractivity contribution in [1.29, 1.82) is 0 Å². The summed E-state index contributed by atoms with van der Waals surface area (Å²) in [5, 5.41) is 1.92. The van der Waals surface area contributed by atoms with Crippen LogP contribution in [0.4, 0.5) is 5.82 Å². The summed E-state index contributed by atoms with van der Waals surface area (Å²) in [6.45, 7) is 4.00. The highest BCUT2D eigenvalue weighted by Gasteiger charge is 2.09. The summed E-state index contributed by atoms with van der Waals surface area (Å²) in [4.78, 5) is 12.8. The van der Waals surface area contributed by atoms with Gasteiger partial charge in [0.15, 0.2) is 5.82 Å². The second-order valence-electron chi connectivity index (χ2n) is 3.22. The maximum atomic E-state index is 5.86. The molecule has 0 aliphatic rings. The van der Waals surface area contributed by atoms with Gasteiger partial charge >= 0.3 is 0 Å². The molecule has 2 N–H and O–H groups in total. The molecular weight excluding hydrogens is 208 g/mol. The molecule has 2 aromatic rings. The zero-order valence-corrected chi connectivity index (χ0v) is 9.51. The van der Waals surface area contributed by atoms with Gasteiger partial charge in [-0.1, -0.05) is 6.92 Å². The Hall–Kier alpha value is -1.49. The van der Waals surface area contributed by atoms with Gasteiger partial charge in [-0.3, -0.25) is 0 Å². The highest BCUT2D eigenvalue weighted by molar-refractivity contribution is 7.07. The number of nitrogen functional groups attached to an aromatic ring is 1. The Morgan fingerprint density at radius 3 is 2.73 bits per heavy atom. The second kappa shape index (κ2) is 3.94. The zero-order chi connectivity index (χ0) is 10.8. The fourth-order valence-electron chi connectivity index (χ4n) is 1.49. The van der Waals surface area contributed by atoms with E-state index in [0.29, 0.717) is 11.6 Å². The molecule has 0 aromatic carbocycles. The summed E-state index contributed by atoms with van der Waals surface area (Å²) >= 11 is 1.52. The van der Waals surface area contributed by atoms with Crippen LogP contribution in [0, 0.1) is 6.92 Å². The molecule has 0 aliphatic carbocycles. The van der Waals surface area contributed by atoms with Gasteiger partial charge in [0, 0.05) is 16.6 Å². The molecule has 0 saturated carbocycles. The van der Waals surface area contributed by atoms with Crippen molar-refractivity contribution in [3.05, 3.63) is 22.1 Å². The van der Waals surface area contributed by atoms with E-state index in [4.69, 9.17) is 5.73 Å². The van der Waals surface area contributed by atoms with E-state index in [2.05, 4.69) is 15.0 Å². The normalized spacial score (nSPS) is 10.5. The first-order chi connectivity index (χ1) is 7.22. The van der Waals surface area contributed by atoms with Crippen molar-refractivity contribution in [2.45, 2.75) is 20.3 Å². The van der Waals surface area contributed by atoms with Crippen molar-refractivity contribution < 1.29 is 0 Å². The van der Waals surface area contributed by atoms with Crippen LogP contribution >= 0.6 is 11.3 Å². The first-order valence-electron chi connectivity index (χ1n) is 4.74. The average Bonchev–Trinajstić information content (AvgIpc) is 2.69. The molecule has 2 rings (SSSR count). The Morgan fingerprint density at radius 1 is 1.40 bits per heavy atom. The quantitative estimate of drug-likeness (QED) is 0.841. The molecule has 0 amide bonds. The van der Waals surface area contributed by atoms with E-state index >= 15 is 0 Å². The fourth-order valence-corrected chi connectivity index (χ4v) is 2.02. The van der Waals surface area contributed by atoms with Crippen LogP contribution in [0.25, 0.3) is 11.5 Å². The van der Waals surface area contributed by atoms with Gasteiger partial charge < -0.3 is 5.73 Å². The SMILES string of the molecule is CCc1c(C)nc(-c2cscn2)nc1N. The fraction of sp³-hybridized carbons (Fsp3) is 0.300. The molecule has 0 spiro atoms. The minimum Gasteiger partial charge on any atom is -0.383 e. The van der Waals surface area contributed by atoms with Crippen LogP contribution in [0.1, 0.15) is 18.2 Å². The van der Waals surface area contributed by atoms with Gasteiger partial charge in [0.05, 0.1) is 5.51 Å². The highest BCUT2D eigenvalue weighted by atomic mass is 32.1. The molecule has 78 valence electrons. The molecule has 0 bridgehead atoms. The first-order valence-corrected chi connectivity index (χ1v) is 5.68. The van der Waals surface area contributed by atoms with Crippen molar-refractivity contribution in [3.8, 4) is 11.5 Å². The van der Waals surface area contributed by atoms with Gasteiger partial charge in [0.25, 0.3) is 0 Å². The van der Waals surface area contributed by atoms with Gasteiger partial charge in [0.1, 0.15) is 11.5 Å². The minimum absolute atomic E-state index is 0.563. The summed E-state index contributed by atoms with van der Waals surface area (Å²) in [6, 6.07) is 0. The number of hydrogen-bond donors (Lipinski definition) is 1. The lowest BCUT2D eigenvalue weighted by Crippen LogP contribution is -2.04. The number of thiazole rings is 1. The standard InChI is InChI=1S/C10H12N4S/c1-3-7-6(2)13-10(14-9(7)11)8-4-15-5-12-8/h4-5H,3H2,1-2H3,(H2,11,13,14). The third-order valence-electron chi connectivity index (χ3n) is 2.26. The van der Waals surface area contributed by atoms with Crippen LogP contribution in [0.5, 0.6) is 0 Å². The topological polar surface area (TPSA) is 64.7 Å². The molecule has 0 fully saturated rings. The largest absolute Gasteiger partial charge is 0.383 e. The Kier molecular flexibility index (Phi) is 2.64. The van der Waals surface area contributed by atoms with Gasteiger partial charge in [-0.15, -0.1) is 11.3 Å². The lowest BCUT2D eigenvalue weighted by Gasteiger charge is -2.06. The van der Waals surface area contributed by atoms with E-state index < -0.39 is 0 Å². The van der Waals surface area contributed by atoms with Crippen molar-refractivity contribution in [1.82, 2.24) is 15.0 Å². The number of nitrogens with two attached hydrogens (primary N) is 1. The van der Waals surface area contributed by atoms with Crippen LogP contribution in [-0.4, -0.2) is 15.0 Å². The lowest BCUT2D eigenvalue weighted by molar-refractivity contribution is 1.01. The molecule has 2 aromatic heterocycles. The molecule has 0 unspecified atom stereocenters. The molecule has 0 aliphatic heterocycles. The predicted molar refractivity (Wildman–Crippen MR) is 61.7 cm³/mol. The van der Waals surface area contributed by atoms with Gasteiger partial charge in [0.2, 0.25) is 0 Å². The summed E-state index contributed by atoms with van der Waals surface area (Å²) in [7, 11) is 0. The monoisotopic (exact) mass is 220 g/mol. The molecule has 0 atom stereocenters. The van der Waals surface area contributed by atoms with Gasteiger partial charge in [-0.05, 0) is 13.3 Å². The molecule has 4 nitrogen and oxygen atoms in total. The summed E-state index contributed by atoms with van der Waals surface area (Å²) < 4.78 is 0. The molecule has 0 radical (unpaired) electrons. The highest BCUT2D eigenvalue weighted by Crippen LogP contribution is 2.20. The van der Waals surface area contributed by atoms with Crippen LogP contribution in [0.15, 0.2) is 10.9 Å². The maximum absolute atomic E-state index is 5.86.